The van der Waals surface area contributed by atoms with Gasteiger partial charge in [0.15, 0.2) is 21.3 Å². The van der Waals surface area contributed by atoms with E-state index >= 15 is 0 Å². The van der Waals surface area contributed by atoms with E-state index in [1.165, 1.54) is 26.8 Å². The molecule has 0 heterocycles. The lowest BCUT2D eigenvalue weighted by atomic mass is 9.92. The van der Waals surface area contributed by atoms with Crippen LogP contribution < -0.4 is 4.74 Å². The van der Waals surface area contributed by atoms with Crippen molar-refractivity contribution in [1.29, 1.82) is 0 Å². The Kier molecular flexibility index (Phi) is 7.85. The Morgan fingerprint density at radius 3 is 1.92 bits per heavy atom. The van der Waals surface area contributed by atoms with Crippen LogP contribution in [0.25, 0.3) is 0 Å². The molecule has 0 atom stereocenters. The zero-order valence-corrected chi connectivity index (χ0v) is 22.6. The molecule has 0 amide bonds. The molecule has 5 rings (SSSR count). The molecule has 1 aliphatic rings. The van der Waals surface area contributed by atoms with E-state index in [2.05, 4.69) is 60.7 Å². The second-order valence-electron chi connectivity index (χ2n) is 9.79. The van der Waals surface area contributed by atoms with Gasteiger partial charge in [0.2, 0.25) is 0 Å². The van der Waals surface area contributed by atoms with Gasteiger partial charge in [0, 0.05) is 12.1 Å². The van der Waals surface area contributed by atoms with E-state index in [1.54, 1.807) is 6.07 Å². The van der Waals surface area contributed by atoms with E-state index < -0.39 is 11.6 Å². The predicted octanol–water partition coefficient (Wildman–Crippen LogP) is 7.93. The fourth-order valence-corrected chi connectivity index (χ4v) is 7.59. The molecule has 0 aromatic heterocycles. The Morgan fingerprint density at radius 1 is 0.789 bits per heavy atom. The number of hydrogen-bond donors (Lipinski definition) is 0. The summed E-state index contributed by atoms with van der Waals surface area (Å²) in [7, 11) is -0.266. The number of ether oxygens (including phenoxy) is 2. The summed E-state index contributed by atoms with van der Waals surface area (Å²) in [5.74, 6) is -0.0635. The maximum Gasteiger partial charge on any atom is 0.345 e. The first-order valence-corrected chi connectivity index (χ1v) is 14.2. The first kappa shape index (κ1) is 26.1. The first-order chi connectivity index (χ1) is 18.4. The zero-order chi connectivity index (χ0) is 26.5. The molecular formula is C33H32FO3S+. The number of esters is 1. The van der Waals surface area contributed by atoms with E-state index in [0.717, 1.165) is 24.0 Å². The highest BCUT2D eigenvalue weighted by molar-refractivity contribution is 7.97. The molecule has 0 bridgehead atoms. The molecule has 4 aromatic rings. The van der Waals surface area contributed by atoms with Crippen molar-refractivity contribution in [3.63, 3.8) is 0 Å². The maximum atomic E-state index is 13.9. The summed E-state index contributed by atoms with van der Waals surface area (Å²) >= 11 is 0. The van der Waals surface area contributed by atoms with E-state index in [9.17, 15) is 9.18 Å². The van der Waals surface area contributed by atoms with Gasteiger partial charge in [0.25, 0.3) is 0 Å². The van der Waals surface area contributed by atoms with E-state index in [1.807, 2.05) is 32.0 Å². The van der Waals surface area contributed by atoms with Crippen molar-refractivity contribution in [3.8, 4) is 5.75 Å². The van der Waals surface area contributed by atoms with Gasteiger partial charge in [-0.25, -0.2) is 9.18 Å². The largest absolute Gasteiger partial charge is 0.481 e. The Morgan fingerprint density at radius 2 is 1.37 bits per heavy atom. The Hall–Kier alpha value is -3.57. The molecule has 1 saturated carbocycles. The third-order valence-corrected chi connectivity index (χ3v) is 9.23. The molecule has 194 valence electrons. The van der Waals surface area contributed by atoms with Crippen LogP contribution in [0.15, 0.2) is 112 Å². The molecule has 5 heteroatoms. The van der Waals surface area contributed by atoms with E-state index in [4.69, 9.17) is 9.47 Å². The smallest absolute Gasteiger partial charge is 0.345 e. The summed E-state index contributed by atoms with van der Waals surface area (Å²) in [5, 5.41) is 0. The lowest BCUT2D eigenvalue weighted by Gasteiger charge is -2.29. The average molecular weight is 528 g/mol. The van der Waals surface area contributed by atoms with Crippen molar-refractivity contribution >= 4 is 16.9 Å². The third kappa shape index (κ3) is 5.63. The second-order valence-corrected chi connectivity index (χ2v) is 11.8. The van der Waals surface area contributed by atoms with Crippen LogP contribution in [0.2, 0.25) is 0 Å². The van der Waals surface area contributed by atoms with Gasteiger partial charge in [-0.1, -0.05) is 48.5 Å². The minimum Gasteiger partial charge on any atom is -0.481 e. The quantitative estimate of drug-likeness (QED) is 0.172. The summed E-state index contributed by atoms with van der Waals surface area (Å²) in [5.41, 5.74) is 1.88. The summed E-state index contributed by atoms with van der Waals surface area (Å²) < 4.78 is 26.0. The number of carbonyl (C=O) groups is 1. The molecule has 3 nitrogen and oxygen atoms in total. The fraction of sp³-hybridized carbons (Fsp3) is 0.242. The summed E-state index contributed by atoms with van der Waals surface area (Å²) in [6, 6.07) is 31.7. The van der Waals surface area contributed by atoms with E-state index in [0.29, 0.717) is 24.2 Å². The molecule has 1 aliphatic carbocycles. The summed E-state index contributed by atoms with van der Waals surface area (Å²) in [4.78, 5) is 16.7. The van der Waals surface area contributed by atoms with E-state index in [-0.39, 0.29) is 23.3 Å². The van der Waals surface area contributed by atoms with Gasteiger partial charge in [0.05, 0.1) is 10.9 Å². The number of benzene rings is 4. The van der Waals surface area contributed by atoms with Gasteiger partial charge in [0.1, 0.15) is 17.2 Å². The molecule has 4 aromatic carbocycles. The van der Waals surface area contributed by atoms with Crippen molar-refractivity contribution in [2.24, 2.45) is 0 Å². The third-order valence-electron chi connectivity index (χ3n) is 7.03. The Balaban J connectivity index is 1.35. The molecule has 0 unspecified atom stereocenters. The molecule has 0 aliphatic heterocycles. The van der Waals surface area contributed by atoms with Crippen molar-refractivity contribution in [2.75, 3.05) is 6.61 Å². The van der Waals surface area contributed by atoms with Crippen molar-refractivity contribution in [2.45, 2.75) is 59.8 Å². The zero-order valence-electron chi connectivity index (χ0n) is 21.8. The number of halogens is 1. The van der Waals surface area contributed by atoms with Gasteiger partial charge >= 0.3 is 5.97 Å². The molecule has 38 heavy (non-hydrogen) atoms. The monoisotopic (exact) mass is 527 g/mol. The van der Waals surface area contributed by atoms with Crippen LogP contribution in [0.4, 0.5) is 4.39 Å². The Labute approximate surface area is 227 Å². The van der Waals surface area contributed by atoms with Crippen LogP contribution in [0.1, 0.15) is 42.4 Å². The molecule has 1 fully saturated rings. The number of hydrogen-bond acceptors (Lipinski definition) is 3. The van der Waals surface area contributed by atoms with Gasteiger partial charge in [-0.2, -0.15) is 0 Å². The highest BCUT2D eigenvalue weighted by atomic mass is 32.2. The molecule has 0 N–H and O–H groups in total. The van der Waals surface area contributed by atoms with Gasteiger partial charge < -0.3 is 9.47 Å². The normalized spacial score (nSPS) is 14.4. The minimum atomic E-state index is -0.782. The maximum absolute atomic E-state index is 13.9. The highest BCUT2D eigenvalue weighted by Crippen LogP contribution is 2.42. The van der Waals surface area contributed by atoms with Crippen LogP contribution in [0, 0.1) is 19.7 Å². The van der Waals surface area contributed by atoms with Crippen LogP contribution in [-0.4, -0.2) is 12.6 Å². The molecule has 0 radical (unpaired) electrons. The second kappa shape index (κ2) is 11.4. The first-order valence-electron chi connectivity index (χ1n) is 13.0. The van der Waals surface area contributed by atoms with Crippen LogP contribution in [0.5, 0.6) is 5.75 Å². The van der Waals surface area contributed by atoms with Crippen LogP contribution in [0.3, 0.4) is 0 Å². The highest BCUT2D eigenvalue weighted by Gasteiger charge is 2.40. The molecular weight excluding hydrogens is 495 g/mol. The predicted molar refractivity (Wildman–Crippen MR) is 149 cm³/mol. The van der Waals surface area contributed by atoms with Gasteiger partial charge in [-0.05, 0) is 92.6 Å². The van der Waals surface area contributed by atoms with Crippen molar-refractivity contribution < 1.29 is 18.7 Å². The van der Waals surface area contributed by atoms with Crippen LogP contribution >= 0.6 is 0 Å². The lowest BCUT2D eigenvalue weighted by molar-refractivity contribution is -0.163. The molecule has 0 spiro atoms. The number of rotatable bonds is 8. The molecule has 0 saturated heterocycles. The van der Waals surface area contributed by atoms with Gasteiger partial charge in [-0.15, -0.1) is 0 Å². The van der Waals surface area contributed by atoms with Crippen LogP contribution in [-0.2, 0) is 26.0 Å². The standard InChI is InChI=1S/C33H32FO3S/c1-24-20-30(38(28-14-5-3-6-15-28)29-16-7-4-8-17-29)21-25(2)32(24)36-23-31(35)37-33(18-9-10-19-33)26-12-11-13-27(34)22-26/h3-8,11-17,20-22H,9-10,18-19,23H2,1-2H3/q+1. The summed E-state index contributed by atoms with van der Waals surface area (Å²) in [6.45, 7) is 3.83. The SMILES string of the molecule is Cc1cc([S+](c2ccccc2)c2ccccc2)cc(C)c1OCC(=O)OC1(c2cccc(F)c2)CCCC1. The lowest BCUT2D eigenvalue weighted by Crippen LogP contribution is -2.32. The topological polar surface area (TPSA) is 35.5 Å². The average Bonchev–Trinajstić information content (AvgIpc) is 3.39. The number of aryl methyl sites for hydroxylation is 2. The minimum absolute atomic E-state index is 0.193. The fourth-order valence-electron chi connectivity index (χ4n) is 5.32. The van der Waals surface area contributed by atoms with Crippen molar-refractivity contribution in [1.82, 2.24) is 0 Å². The number of carbonyl (C=O) groups excluding carboxylic acids is 1. The Bertz CT molecular complexity index is 1340. The summed E-state index contributed by atoms with van der Waals surface area (Å²) in [6.07, 6.45) is 3.26. The van der Waals surface area contributed by atoms with Gasteiger partial charge in [-0.3, -0.25) is 0 Å². The van der Waals surface area contributed by atoms with Crippen molar-refractivity contribution in [3.05, 3.63) is 120 Å².